The highest BCUT2D eigenvalue weighted by Gasteiger charge is 2.16. The summed E-state index contributed by atoms with van der Waals surface area (Å²) in [6.45, 7) is -3.41. The summed E-state index contributed by atoms with van der Waals surface area (Å²) in [6, 6.07) is 13.3. The van der Waals surface area contributed by atoms with Crippen molar-refractivity contribution >= 4 is 16.8 Å². The Bertz CT molecular complexity index is 965. The van der Waals surface area contributed by atoms with Crippen molar-refractivity contribution in [3.05, 3.63) is 70.6 Å². The first-order valence-corrected chi connectivity index (χ1v) is 7.27. The van der Waals surface area contributed by atoms with E-state index in [-0.39, 0.29) is 17.9 Å². The van der Waals surface area contributed by atoms with Gasteiger partial charge in [-0.3, -0.25) is 4.79 Å². The topological polar surface area (TPSA) is 65.7 Å². The third kappa shape index (κ3) is 4.00. The highest BCUT2D eigenvalue weighted by molar-refractivity contribution is 5.99. The molecule has 25 heavy (non-hydrogen) atoms. The number of fused-ring (bicyclic) bond motifs is 1. The molecule has 0 unspecified atom stereocenters. The van der Waals surface area contributed by atoms with E-state index in [9.17, 15) is 18.4 Å². The number of hydrogen-bond donors (Lipinski definition) is 0. The Balaban J connectivity index is 1.75. The number of ether oxygens (including phenoxy) is 2. The van der Waals surface area contributed by atoms with Crippen LogP contribution in [0, 0.1) is 0 Å². The Morgan fingerprint density at radius 2 is 1.84 bits per heavy atom. The number of ketones is 1. The maximum atomic E-state index is 12.4. The zero-order valence-electron chi connectivity index (χ0n) is 12.8. The standard InChI is InChI=1S/C18H12F2O5/c19-18(20)25-15-4-2-1-3-13(15)14(21)10-23-12-7-5-11-6-8-17(22)24-16(11)9-12/h1-9,18H,10H2. The Morgan fingerprint density at radius 1 is 1.08 bits per heavy atom. The molecule has 0 amide bonds. The number of para-hydroxylation sites is 1. The summed E-state index contributed by atoms with van der Waals surface area (Å²) in [5.74, 6) is -0.427. The average Bonchev–Trinajstić information content (AvgIpc) is 2.59. The van der Waals surface area contributed by atoms with Crippen LogP contribution >= 0.6 is 0 Å². The van der Waals surface area contributed by atoms with Crippen LogP contribution in [0.3, 0.4) is 0 Å². The van der Waals surface area contributed by atoms with Gasteiger partial charge in [0.1, 0.15) is 17.1 Å². The van der Waals surface area contributed by atoms with E-state index in [4.69, 9.17) is 9.15 Å². The van der Waals surface area contributed by atoms with Gasteiger partial charge in [-0.05, 0) is 30.3 Å². The van der Waals surface area contributed by atoms with Gasteiger partial charge in [0.05, 0.1) is 5.56 Å². The van der Waals surface area contributed by atoms with Crippen LogP contribution in [0.2, 0.25) is 0 Å². The Hall–Kier alpha value is -3.22. The molecule has 0 atom stereocenters. The first kappa shape index (κ1) is 16.6. The van der Waals surface area contributed by atoms with Gasteiger partial charge in [-0.1, -0.05) is 12.1 Å². The summed E-state index contributed by atoms with van der Waals surface area (Å²) in [5.41, 5.74) is -0.187. The van der Waals surface area contributed by atoms with E-state index < -0.39 is 18.0 Å². The SMILES string of the molecule is O=C(COc1ccc2ccc(=O)oc2c1)c1ccccc1OC(F)F. The molecular weight excluding hydrogens is 334 g/mol. The summed E-state index contributed by atoms with van der Waals surface area (Å²) in [5, 5.41) is 0.703. The second-order valence-electron chi connectivity index (χ2n) is 5.04. The van der Waals surface area contributed by atoms with Gasteiger partial charge in [0.15, 0.2) is 6.61 Å². The number of hydrogen-bond acceptors (Lipinski definition) is 5. The number of benzene rings is 2. The van der Waals surface area contributed by atoms with Crippen LogP contribution in [0.15, 0.2) is 63.8 Å². The van der Waals surface area contributed by atoms with Crippen molar-refractivity contribution in [2.45, 2.75) is 6.61 Å². The van der Waals surface area contributed by atoms with Gasteiger partial charge in [-0.25, -0.2) is 4.79 Å². The fourth-order valence-electron chi connectivity index (χ4n) is 2.25. The Morgan fingerprint density at radius 3 is 2.64 bits per heavy atom. The van der Waals surface area contributed by atoms with Gasteiger partial charge in [-0.15, -0.1) is 0 Å². The van der Waals surface area contributed by atoms with Gasteiger partial charge in [0.2, 0.25) is 5.78 Å². The summed E-state index contributed by atoms with van der Waals surface area (Å²) in [6.07, 6.45) is 0. The summed E-state index contributed by atoms with van der Waals surface area (Å²) < 4.78 is 39.5. The number of carbonyl (C=O) groups is 1. The van der Waals surface area contributed by atoms with Crippen LogP contribution in [0.25, 0.3) is 11.0 Å². The van der Waals surface area contributed by atoms with E-state index in [0.29, 0.717) is 16.7 Å². The molecule has 0 fully saturated rings. The largest absolute Gasteiger partial charge is 0.485 e. The summed E-state index contributed by atoms with van der Waals surface area (Å²) in [7, 11) is 0. The summed E-state index contributed by atoms with van der Waals surface area (Å²) in [4.78, 5) is 23.4. The summed E-state index contributed by atoms with van der Waals surface area (Å²) >= 11 is 0. The molecule has 3 rings (SSSR count). The lowest BCUT2D eigenvalue weighted by Gasteiger charge is -2.10. The molecule has 0 radical (unpaired) electrons. The molecule has 0 saturated heterocycles. The lowest BCUT2D eigenvalue weighted by atomic mass is 10.1. The first-order chi connectivity index (χ1) is 12.0. The molecule has 0 aliphatic rings. The lowest BCUT2D eigenvalue weighted by molar-refractivity contribution is -0.0501. The average molecular weight is 346 g/mol. The molecule has 0 bridgehead atoms. The van der Waals surface area contributed by atoms with Crippen molar-refractivity contribution in [3.63, 3.8) is 0 Å². The van der Waals surface area contributed by atoms with E-state index in [1.54, 1.807) is 18.2 Å². The molecule has 1 aromatic heterocycles. The van der Waals surface area contributed by atoms with Crippen molar-refractivity contribution in [2.24, 2.45) is 0 Å². The van der Waals surface area contributed by atoms with E-state index in [1.165, 1.54) is 36.4 Å². The van der Waals surface area contributed by atoms with E-state index in [2.05, 4.69) is 4.74 Å². The first-order valence-electron chi connectivity index (χ1n) is 7.27. The van der Waals surface area contributed by atoms with Crippen molar-refractivity contribution in [1.29, 1.82) is 0 Å². The van der Waals surface area contributed by atoms with Crippen LogP contribution in [0.5, 0.6) is 11.5 Å². The Kier molecular flexibility index (Phi) is 4.74. The fraction of sp³-hybridized carbons (Fsp3) is 0.111. The molecular formula is C18H12F2O5. The maximum Gasteiger partial charge on any atom is 0.387 e. The van der Waals surface area contributed by atoms with Crippen LogP contribution < -0.4 is 15.1 Å². The zero-order valence-corrected chi connectivity index (χ0v) is 12.8. The quantitative estimate of drug-likeness (QED) is 0.503. The monoisotopic (exact) mass is 346 g/mol. The van der Waals surface area contributed by atoms with Crippen LogP contribution in [-0.2, 0) is 0 Å². The Labute approximate surface area is 140 Å². The van der Waals surface area contributed by atoms with Gasteiger partial charge in [-0.2, -0.15) is 8.78 Å². The number of rotatable bonds is 6. The van der Waals surface area contributed by atoms with Gasteiger partial charge >= 0.3 is 12.2 Å². The van der Waals surface area contributed by atoms with Crippen LogP contribution in [0.4, 0.5) is 8.78 Å². The minimum atomic E-state index is -3.03. The number of halogens is 2. The number of carbonyl (C=O) groups excluding carboxylic acids is 1. The molecule has 1 heterocycles. The molecule has 7 heteroatoms. The predicted octanol–water partition coefficient (Wildman–Crippen LogP) is 3.66. The van der Waals surface area contributed by atoms with E-state index in [0.717, 1.165) is 0 Å². The molecule has 2 aromatic carbocycles. The van der Waals surface area contributed by atoms with Gasteiger partial charge in [0.25, 0.3) is 0 Å². The predicted molar refractivity (Wildman–Crippen MR) is 85.4 cm³/mol. The molecule has 5 nitrogen and oxygen atoms in total. The minimum absolute atomic E-state index is 0.00452. The van der Waals surface area contributed by atoms with Gasteiger partial charge in [0, 0.05) is 17.5 Å². The third-order valence-electron chi connectivity index (χ3n) is 3.37. The second-order valence-corrected chi connectivity index (χ2v) is 5.04. The molecule has 0 N–H and O–H groups in total. The van der Waals surface area contributed by atoms with Crippen molar-refractivity contribution in [3.8, 4) is 11.5 Å². The van der Waals surface area contributed by atoms with Crippen molar-refractivity contribution < 1.29 is 27.5 Å². The molecule has 0 spiro atoms. The molecule has 3 aromatic rings. The molecule has 0 aliphatic heterocycles. The number of alkyl halides is 2. The normalized spacial score (nSPS) is 10.8. The fourth-order valence-corrected chi connectivity index (χ4v) is 2.25. The van der Waals surface area contributed by atoms with E-state index >= 15 is 0 Å². The second kappa shape index (κ2) is 7.12. The molecule has 0 aliphatic carbocycles. The molecule has 128 valence electrons. The van der Waals surface area contributed by atoms with E-state index in [1.807, 2.05) is 0 Å². The van der Waals surface area contributed by atoms with Gasteiger partial charge < -0.3 is 13.9 Å². The van der Waals surface area contributed by atoms with Crippen LogP contribution in [0.1, 0.15) is 10.4 Å². The smallest absolute Gasteiger partial charge is 0.387 e. The van der Waals surface area contributed by atoms with Crippen LogP contribution in [-0.4, -0.2) is 19.0 Å². The minimum Gasteiger partial charge on any atom is -0.485 e. The molecule has 0 saturated carbocycles. The highest BCUT2D eigenvalue weighted by atomic mass is 19.3. The maximum absolute atomic E-state index is 12.4. The van der Waals surface area contributed by atoms with Crippen molar-refractivity contribution in [2.75, 3.05) is 6.61 Å². The lowest BCUT2D eigenvalue weighted by Crippen LogP contribution is -2.14. The third-order valence-corrected chi connectivity index (χ3v) is 3.37. The van der Waals surface area contributed by atoms with Crippen molar-refractivity contribution in [1.82, 2.24) is 0 Å². The number of Topliss-reactive ketones (excluding diaryl/α,β-unsaturated/α-hetero) is 1. The zero-order chi connectivity index (χ0) is 17.8. The highest BCUT2D eigenvalue weighted by Crippen LogP contribution is 2.22.